The lowest BCUT2D eigenvalue weighted by molar-refractivity contribution is 0.627. The first-order chi connectivity index (χ1) is 8.90. The average Bonchev–Trinajstić information content (AvgIpc) is 2.32. The Balaban J connectivity index is 2.63. The van der Waals surface area contributed by atoms with E-state index in [1.165, 1.54) is 12.1 Å². The zero-order valence-corrected chi connectivity index (χ0v) is 13.8. The molecule has 0 amide bonds. The molecule has 0 saturated heterocycles. The summed E-state index contributed by atoms with van der Waals surface area (Å²) in [6.07, 6.45) is 0. The highest BCUT2D eigenvalue weighted by molar-refractivity contribution is 14.1. The van der Waals surface area contributed by atoms with Gasteiger partial charge in [0.05, 0.1) is 9.26 Å². The summed E-state index contributed by atoms with van der Waals surface area (Å²) in [6.45, 7) is 5.95. The third kappa shape index (κ3) is 3.05. The highest BCUT2D eigenvalue weighted by atomic mass is 127. The van der Waals surface area contributed by atoms with Crippen LogP contribution in [0, 0.1) is 16.3 Å². The van der Waals surface area contributed by atoms with Gasteiger partial charge in [0.2, 0.25) is 0 Å². The van der Waals surface area contributed by atoms with E-state index in [4.69, 9.17) is 11.6 Å². The summed E-state index contributed by atoms with van der Waals surface area (Å²) in [7, 11) is 0. The topological polar surface area (TPSA) is 25.8 Å². The quantitative estimate of drug-likeness (QED) is 0.534. The van der Waals surface area contributed by atoms with E-state index in [0.29, 0.717) is 11.0 Å². The van der Waals surface area contributed by atoms with Crippen molar-refractivity contribution in [2.75, 3.05) is 0 Å². The van der Waals surface area contributed by atoms with Gasteiger partial charge in [-0.25, -0.2) is 14.4 Å². The average molecular weight is 391 g/mol. The van der Waals surface area contributed by atoms with Gasteiger partial charge in [-0.3, -0.25) is 0 Å². The van der Waals surface area contributed by atoms with Gasteiger partial charge in [0.15, 0.2) is 5.82 Å². The highest BCUT2D eigenvalue weighted by Gasteiger charge is 2.15. The van der Waals surface area contributed by atoms with Crippen LogP contribution in [0.15, 0.2) is 18.2 Å². The van der Waals surface area contributed by atoms with Crippen LogP contribution in [0.3, 0.4) is 0 Å². The SMILES string of the molecule is Cc1cc(F)ccc1-c1nc(Cl)c(I)c(C(C)C)n1. The van der Waals surface area contributed by atoms with E-state index in [0.717, 1.165) is 20.4 Å². The molecule has 0 atom stereocenters. The van der Waals surface area contributed by atoms with E-state index in [1.54, 1.807) is 6.07 Å². The van der Waals surface area contributed by atoms with E-state index in [1.807, 2.05) is 6.92 Å². The Labute approximate surface area is 130 Å². The molecule has 100 valence electrons. The molecule has 1 heterocycles. The van der Waals surface area contributed by atoms with Crippen molar-refractivity contribution >= 4 is 34.2 Å². The van der Waals surface area contributed by atoms with Crippen molar-refractivity contribution < 1.29 is 4.39 Å². The second-order valence-corrected chi connectivity index (χ2v) is 6.09. The Morgan fingerprint density at radius 1 is 1.26 bits per heavy atom. The van der Waals surface area contributed by atoms with Crippen LogP contribution in [0.1, 0.15) is 31.0 Å². The van der Waals surface area contributed by atoms with E-state index in [-0.39, 0.29) is 11.7 Å². The minimum Gasteiger partial charge on any atom is -0.232 e. The molecule has 2 rings (SSSR count). The number of hydrogen-bond donors (Lipinski definition) is 0. The molecule has 1 aromatic carbocycles. The number of aromatic nitrogens is 2. The molecule has 0 N–H and O–H groups in total. The molecule has 0 saturated carbocycles. The normalized spacial score (nSPS) is 11.1. The van der Waals surface area contributed by atoms with Gasteiger partial charge in [0.25, 0.3) is 0 Å². The van der Waals surface area contributed by atoms with Crippen molar-refractivity contribution in [2.45, 2.75) is 26.7 Å². The molecule has 0 spiro atoms. The summed E-state index contributed by atoms with van der Waals surface area (Å²) >= 11 is 8.32. The fraction of sp³-hybridized carbons (Fsp3) is 0.286. The van der Waals surface area contributed by atoms with Gasteiger partial charge in [-0.05, 0) is 59.2 Å². The van der Waals surface area contributed by atoms with Gasteiger partial charge >= 0.3 is 0 Å². The number of halogens is 3. The zero-order valence-electron chi connectivity index (χ0n) is 10.8. The molecule has 2 nitrogen and oxygen atoms in total. The predicted octanol–water partition coefficient (Wildman–Crippen LogP) is 4.97. The largest absolute Gasteiger partial charge is 0.232 e. The maximum absolute atomic E-state index is 13.1. The van der Waals surface area contributed by atoms with E-state index >= 15 is 0 Å². The lowest BCUT2D eigenvalue weighted by atomic mass is 10.1. The van der Waals surface area contributed by atoms with Gasteiger partial charge < -0.3 is 0 Å². The summed E-state index contributed by atoms with van der Waals surface area (Å²) in [4.78, 5) is 8.87. The van der Waals surface area contributed by atoms with E-state index in [9.17, 15) is 4.39 Å². The van der Waals surface area contributed by atoms with Crippen LogP contribution < -0.4 is 0 Å². The summed E-state index contributed by atoms with van der Waals surface area (Å²) < 4.78 is 14.0. The van der Waals surface area contributed by atoms with Crippen LogP contribution >= 0.6 is 34.2 Å². The molecule has 5 heteroatoms. The van der Waals surface area contributed by atoms with Crippen LogP contribution in [0.2, 0.25) is 5.15 Å². The second-order valence-electron chi connectivity index (χ2n) is 4.65. The van der Waals surface area contributed by atoms with Crippen molar-refractivity contribution in [1.29, 1.82) is 0 Å². The van der Waals surface area contributed by atoms with Crippen molar-refractivity contribution in [3.05, 3.63) is 44.0 Å². The fourth-order valence-corrected chi connectivity index (χ4v) is 2.86. The molecule has 0 unspecified atom stereocenters. The molecule has 0 aliphatic heterocycles. The fourth-order valence-electron chi connectivity index (χ4n) is 1.82. The third-order valence-corrected chi connectivity index (χ3v) is 4.47. The van der Waals surface area contributed by atoms with Crippen LogP contribution in [-0.4, -0.2) is 9.97 Å². The van der Waals surface area contributed by atoms with Crippen molar-refractivity contribution in [3.8, 4) is 11.4 Å². The molecule has 2 aromatic rings. The third-order valence-electron chi connectivity index (χ3n) is 2.81. The molecule has 0 bridgehead atoms. The number of nitrogens with zero attached hydrogens (tertiary/aromatic N) is 2. The minimum absolute atomic E-state index is 0.256. The molecule has 19 heavy (non-hydrogen) atoms. The number of aryl methyl sites for hydroxylation is 1. The van der Waals surface area contributed by atoms with Gasteiger partial charge in [0, 0.05) is 5.56 Å². The Morgan fingerprint density at radius 2 is 1.95 bits per heavy atom. The van der Waals surface area contributed by atoms with Gasteiger partial charge in [0.1, 0.15) is 11.0 Å². The molecular weight excluding hydrogens is 378 g/mol. The van der Waals surface area contributed by atoms with Crippen molar-refractivity contribution in [3.63, 3.8) is 0 Å². The van der Waals surface area contributed by atoms with Gasteiger partial charge in [-0.1, -0.05) is 25.4 Å². The summed E-state index contributed by atoms with van der Waals surface area (Å²) in [5.74, 6) is 0.542. The molecule has 0 aliphatic rings. The first-order valence-electron chi connectivity index (χ1n) is 5.89. The van der Waals surface area contributed by atoms with Crippen LogP contribution in [0.5, 0.6) is 0 Å². The van der Waals surface area contributed by atoms with Gasteiger partial charge in [-0.2, -0.15) is 0 Å². The lowest BCUT2D eigenvalue weighted by Crippen LogP contribution is -2.03. The zero-order chi connectivity index (χ0) is 14.2. The monoisotopic (exact) mass is 390 g/mol. The van der Waals surface area contributed by atoms with Crippen molar-refractivity contribution in [2.24, 2.45) is 0 Å². The van der Waals surface area contributed by atoms with E-state index in [2.05, 4.69) is 46.4 Å². The Kier molecular flexibility index (Phi) is 4.40. The van der Waals surface area contributed by atoms with E-state index < -0.39 is 0 Å². The number of hydrogen-bond acceptors (Lipinski definition) is 2. The Hall–Kier alpha value is -0.750. The first-order valence-corrected chi connectivity index (χ1v) is 7.35. The number of rotatable bonds is 2. The second kappa shape index (κ2) is 5.71. The highest BCUT2D eigenvalue weighted by Crippen LogP contribution is 2.29. The van der Waals surface area contributed by atoms with Crippen LogP contribution in [-0.2, 0) is 0 Å². The Bertz CT molecular complexity index is 629. The molecule has 0 radical (unpaired) electrons. The standard InChI is InChI=1S/C14H13ClFIN2/c1-7(2)12-11(17)13(15)19-14(18-12)10-5-4-9(16)6-8(10)3/h4-7H,1-3H3. The lowest BCUT2D eigenvalue weighted by Gasteiger charge is -2.12. The first kappa shape index (κ1) is 14.7. The molecule has 1 aromatic heterocycles. The maximum Gasteiger partial charge on any atom is 0.161 e. The summed E-state index contributed by atoms with van der Waals surface area (Å²) in [6, 6.07) is 4.57. The number of benzene rings is 1. The van der Waals surface area contributed by atoms with Gasteiger partial charge in [-0.15, -0.1) is 0 Å². The van der Waals surface area contributed by atoms with Crippen LogP contribution in [0.25, 0.3) is 11.4 Å². The maximum atomic E-state index is 13.1. The van der Waals surface area contributed by atoms with Crippen LogP contribution in [0.4, 0.5) is 4.39 Å². The van der Waals surface area contributed by atoms with Crippen molar-refractivity contribution in [1.82, 2.24) is 9.97 Å². The minimum atomic E-state index is -0.262. The summed E-state index contributed by atoms with van der Waals surface area (Å²) in [5.41, 5.74) is 2.52. The smallest absolute Gasteiger partial charge is 0.161 e. The molecular formula is C14H13ClFIN2. The summed E-state index contributed by atoms with van der Waals surface area (Å²) in [5, 5.41) is 0.443. The predicted molar refractivity (Wildman–Crippen MR) is 84.0 cm³/mol. The Morgan fingerprint density at radius 3 is 2.53 bits per heavy atom. The molecule has 0 aliphatic carbocycles. The molecule has 0 fully saturated rings.